The average Bonchev–Trinajstić information content (AvgIpc) is 3.15. The molecule has 3 N–H and O–H groups in total. The molecular weight excluding hydrogens is 350 g/mol. The summed E-state index contributed by atoms with van der Waals surface area (Å²) in [6, 6.07) is 9.36. The van der Waals surface area contributed by atoms with Crippen molar-refractivity contribution in [2.75, 3.05) is 24.3 Å². The van der Waals surface area contributed by atoms with Crippen LogP contribution in [0.1, 0.15) is 28.8 Å². The number of aryl methyl sites for hydroxylation is 1. The SMILES string of the molecule is Cc1ccc(NC(=O)c2ccc(N)c([N+](=O)[O-])c2)c(OCC2CCCO2)c1. The van der Waals surface area contributed by atoms with Crippen LogP contribution in [0.3, 0.4) is 0 Å². The lowest BCUT2D eigenvalue weighted by Crippen LogP contribution is -2.18. The van der Waals surface area contributed by atoms with E-state index in [0.717, 1.165) is 31.1 Å². The van der Waals surface area contributed by atoms with Crippen LogP contribution in [0, 0.1) is 17.0 Å². The van der Waals surface area contributed by atoms with Gasteiger partial charge in [-0.3, -0.25) is 14.9 Å². The van der Waals surface area contributed by atoms with Gasteiger partial charge < -0.3 is 20.5 Å². The maximum absolute atomic E-state index is 12.5. The first-order valence-electron chi connectivity index (χ1n) is 8.64. The zero-order valence-corrected chi connectivity index (χ0v) is 14.9. The first kappa shape index (κ1) is 18.7. The molecular formula is C19H21N3O5. The van der Waals surface area contributed by atoms with Gasteiger partial charge in [-0.15, -0.1) is 0 Å². The van der Waals surface area contributed by atoms with Gasteiger partial charge in [0.15, 0.2) is 0 Å². The Morgan fingerprint density at radius 3 is 2.89 bits per heavy atom. The summed E-state index contributed by atoms with van der Waals surface area (Å²) >= 11 is 0. The van der Waals surface area contributed by atoms with E-state index in [1.165, 1.54) is 12.1 Å². The fraction of sp³-hybridized carbons (Fsp3) is 0.316. The van der Waals surface area contributed by atoms with Gasteiger partial charge in [0.1, 0.15) is 18.0 Å². The summed E-state index contributed by atoms with van der Waals surface area (Å²) in [5.41, 5.74) is 6.89. The topological polar surface area (TPSA) is 117 Å². The van der Waals surface area contributed by atoms with Crippen LogP contribution < -0.4 is 15.8 Å². The van der Waals surface area contributed by atoms with Gasteiger partial charge in [-0.25, -0.2) is 0 Å². The van der Waals surface area contributed by atoms with Crippen molar-refractivity contribution in [3.8, 4) is 5.75 Å². The van der Waals surface area contributed by atoms with Gasteiger partial charge in [0.2, 0.25) is 0 Å². The molecule has 0 bridgehead atoms. The smallest absolute Gasteiger partial charge is 0.292 e. The Bertz CT molecular complexity index is 862. The number of nitrogens with two attached hydrogens (primary N) is 1. The maximum atomic E-state index is 12.5. The Balaban J connectivity index is 1.77. The normalized spacial score (nSPS) is 16.1. The Labute approximate surface area is 156 Å². The molecule has 0 spiro atoms. The predicted octanol–water partition coefficient (Wildman–Crippen LogP) is 3.30. The molecule has 1 atom stereocenters. The molecule has 1 amide bonds. The highest BCUT2D eigenvalue weighted by Crippen LogP contribution is 2.28. The highest BCUT2D eigenvalue weighted by atomic mass is 16.6. The number of ether oxygens (including phenoxy) is 2. The maximum Gasteiger partial charge on any atom is 0.292 e. The predicted molar refractivity (Wildman–Crippen MR) is 101 cm³/mol. The molecule has 27 heavy (non-hydrogen) atoms. The highest BCUT2D eigenvalue weighted by Gasteiger charge is 2.19. The van der Waals surface area contributed by atoms with Crippen molar-refractivity contribution in [2.45, 2.75) is 25.9 Å². The van der Waals surface area contributed by atoms with Gasteiger partial charge in [0.25, 0.3) is 11.6 Å². The second-order valence-corrected chi connectivity index (χ2v) is 6.43. The van der Waals surface area contributed by atoms with Crippen LogP contribution in [0.15, 0.2) is 36.4 Å². The van der Waals surface area contributed by atoms with Crippen LogP contribution >= 0.6 is 0 Å². The van der Waals surface area contributed by atoms with E-state index in [0.29, 0.717) is 18.0 Å². The summed E-state index contributed by atoms with van der Waals surface area (Å²) < 4.78 is 11.4. The number of nitro groups is 1. The Hall–Kier alpha value is -3.13. The molecule has 1 unspecified atom stereocenters. The number of nitrogens with zero attached hydrogens (tertiary/aromatic N) is 1. The molecule has 3 rings (SSSR count). The van der Waals surface area contributed by atoms with Crippen molar-refractivity contribution in [1.29, 1.82) is 0 Å². The van der Waals surface area contributed by atoms with E-state index >= 15 is 0 Å². The van der Waals surface area contributed by atoms with Gasteiger partial charge in [0.05, 0.1) is 16.7 Å². The first-order chi connectivity index (χ1) is 12.9. The van der Waals surface area contributed by atoms with Crippen LogP contribution in [0.5, 0.6) is 5.75 Å². The zero-order chi connectivity index (χ0) is 19.4. The number of benzene rings is 2. The lowest BCUT2D eigenvalue weighted by atomic mass is 10.1. The molecule has 1 heterocycles. The summed E-state index contributed by atoms with van der Waals surface area (Å²) in [7, 11) is 0. The van der Waals surface area contributed by atoms with E-state index in [1.807, 2.05) is 19.1 Å². The van der Waals surface area contributed by atoms with E-state index in [2.05, 4.69) is 5.32 Å². The number of anilines is 2. The third kappa shape index (κ3) is 4.53. The molecule has 2 aromatic carbocycles. The van der Waals surface area contributed by atoms with Gasteiger partial charge in [-0.05, 0) is 49.6 Å². The minimum absolute atomic E-state index is 0.00692. The van der Waals surface area contributed by atoms with E-state index in [-0.39, 0.29) is 23.0 Å². The largest absolute Gasteiger partial charge is 0.489 e. The summed E-state index contributed by atoms with van der Waals surface area (Å²) in [4.78, 5) is 22.9. The molecule has 1 aliphatic heterocycles. The number of carbonyl (C=O) groups is 1. The molecule has 0 radical (unpaired) electrons. The molecule has 8 nitrogen and oxygen atoms in total. The number of nitro benzene ring substituents is 1. The zero-order valence-electron chi connectivity index (χ0n) is 14.9. The summed E-state index contributed by atoms with van der Waals surface area (Å²) in [6.45, 7) is 3.06. The molecule has 1 fully saturated rings. The third-order valence-electron chi connectivity index (χ3n) is 4.32. The molecule has 1 saturated heterocycles. The second kappa shape index (κ2) is 8.05. The number of hydrogen-bond acceptors (Lipinski definition) is 6. The van der Waals surface area contributed by atoms with Gasteiger partial charge in [-0.1, -0.05) is 6.07 Å². The van der Waals surface area contributed by atoms with Gasteiger partial charge in [0, 0.05) is 18.2 Å². The van der Waals surface area contributed by atoms with Crippen LogP contribution in [0.25, 0.3) is 0 Å². The summed E-state index contributed by atoms with van der Waals surface area (Å²) in [5, 5.41) is 13.8. The standard InChI is InChI=1S/C19H21N3O5/c1-12-4-7-16(18(9-12)27-11-14-3-2-8-26-14)21-19(23)13-5-6-15(20)17(10-13)22(24)25/h4-7,9-10,14H,2-3,8,11,20H2,1H3,(H,21,23). The van der Waals surface area contributed by atoms with Crippen molar-refractivity contribution in [1.82, 2.24) is 0 Å². The Kier molecular flexibility index (Phi) is 5.56. The minimum atomic E-state index is -0.617. The van der Waals surface area contributed by atoms with E-state index in [4.69, 9.17) is 15.2 Å². The molecule has 0 aliphatic carbocycles. The van der Waals surface area contributed by atoms with E-state index in [9.17, 15) is 14.9 Å². The molecule has 0 aromatic heterocycles. The van der Waals surface area contributed by atoms with Crippen molar-refractivity contribution in [3.05, 3.63) is 57.6 Å². The monoisotopic (exact) mass is 371 g/mol. The quantitative estimate of drug-likeness (QED) is 0.457. The second-order valence-electron chi connectivity index (χ2n) is 6.43. The van der Waals surface area contributed by atoms with Crippen LogP contribution in [0.2, 0.25) is 0 Å². The van der Waals surface area contributed by atoms with Crippen molar-refractivity contribution >= 4 is 23.0 Å². The Morgan fingerprint density at radius 2 is 2.19 bits per heavy atom. The molecule has 8 heteroatoms. The number of hydrogen-bond donors (Lipinski definition) is 2. The van der Waals surface area contributed by atoms with Crippen molar-refractivity contribution in [3.63, 3.8) is 0 Å². The third-order valence-corrected chi connectivity index (χ3v) is 4.32. The average molecular weight is 371 g/mol. The van der Waals surface area contributed by atoms with Gasteiger partial charge in [-0.2, -0.15) is 0 Å². The fourth-order valence-corrected chi connectivity index (χ4v) is 2.85. The number of nitrogen functional groups attached to an aromatic ring is 1. The Morgan fingerprint density at radius 1 is 1.37 bits per heavy atom. The number of carbonyl (C=O) groups excluding carboxylic acids is 1. The lowest BCUT2D eigenvalue weighted by molar-refractivity contribution is -0.383. The summed E-state index contributed by atoms with van der Waals surface area (Å²) in [5.74, 6) is 0.0488. The van der Waals surface area contributed by atoms with Gasteiger partial charge >= 0.3 is 0 Å². The first-order valence-corrected chi connectivity index (χ1v) is 8.64. The molecule has 142 valence electrons. The summed E-state index contributed by atoms with van der Waals surface area (Å²) in [6.07, 6.45) is 2.01. The van der Waals surface area contributed by atoms with Crippen molar-refractivity contribution in [2.24, 2.45) is 0 Å². The van der Waals surface area contributed by atoms with Crippen LogP contribution in [0.4, 0.5) is 17.1 Å². The van der Waals surface area contributed by atoms with Crippen LogP contribution in [-0.4, -0.2) is 30.1 Å². The fourth-order valence-electron chi connectivity index (χ4n) is 2.85. The molecule has 1 aliphatic rings. The van der Waals surface area contributed by atoms with E-state index < -0.39 is 10.8 Å². The number of rotatable bonds is 6. The number of nitrogens with one attached hydrogen (secondary N) is 1. The van der Waals surface area contributed by atoms with Crippen molar-refractivity contribution < 1.29 is 19.2 Å². The van der Waals surface area contributed by atoms with E-state index in [1.54, 1.807) is 6.07 Å². The number of amides is 1. The molecule has 2 aromatic rings. The highest BCUT2D eigenvalue weighted by molar-refractivity contribution is 6.05. The van der Waals surface area contributed by atoms with Crippen LogP contribution in [-0.2, 0) is 4.74 Å². The molecule has 0 saturated carbocycles. The lowest BCUT2D eigenvalue weighted by Gasteiger charge is -2.16. The minimum Gasteiger partial charge on any atom is -0.489 e.